The molecule has 0 radical (unpaired) electrons. The van der Waals surface area contributed by atoms with Gasteiger partial charge in [-0.1, -0.05) is 42.5 Å². The van der Waals surface area contributed by atoms with E-state index < -0.39 is 6.10 Å². The molecular weight excluding hydrogens is 200 g/mol. The molecule has 1 heterocycles. The van der Waals surface area contributed by atoms with Crippen LogP contribution < -0.4 is 0 Å². The van der Waals surface area contributed by atoms with E-state index in [0.29, 0.717) is 6.61 Å². The van der Waals surface area contributed by atoms with Gasteiger partial charge in [0.2, 0.25) is 0 Å². The van der Waals surface area contributed by atoms with Gasteiger partial charge in [-0.25, -0.2) is 0 Å². The van der Waals surface area contributed by atoms with Crippen molar-refractivity contribution >= 4 is 0 Å². The lowest BCUT2D eigenvalue weighted by molar-refractivity contribution is -0.0806. The second kappa shape index (κ2) is 4.81. The molecule has 0 spiro atoms. The van der Waals surface area contributed by atoms with Crippen molar-refractivity contribution in [1.82, 2.24) is 0 Å². The highest BCUT2D eigenvalue weighted by molar-refractivity contribution is 5.19. The molecule has 1 saturated heterocycles. The summed E-state index contributed by atoms with van der Waals surface area (Å²) < 4.78 is 5.67. The molecule has 2 heteroatoms. The van der Waals surface area contributed by atoms with Crippen molar-refractivity contribution < 1.29 is 9.84 Å². The van der Waals surface area contributed by atoms with Gasteiger partial charge in [-0.3, -0.25) is 0 Å². The fraction of sp³-hybridized carbons (Fsp3) is 0.429. The van der Waals surface area contributed by atoms with E-state index in [1.807, 2.05) is 25.1 Å². The first-order chi connectivity index (χ1) is 7.68. The van der Waals surface area contributed by atoms with Crippen molar-refractivity contribution in [2.45, 2.75) is 25.6 Å². The molecule has 0 aliphatic carbocycles. The Balaban J connectivity index is 2.12. The summed E-state index contributed by atoms with van der Waals surface area (Å²) in [6.45, 7) is 6.32. The zero-order valence-electron chi connectivity index (χ0n) is 9.60. The van der Waals surface area contributed by atoms with Crippen LogP contribution in [0.1, 0.15) is 25.0 Å². The molecule has 1 aromatic carbocycles. The molecule has 2 nitrogen and oxygen atoms in total. The van der Waals surface area contributed by atoms with Crippen LogP contribution in [-0.4, -0.2) is 17.8 Å². The topological polar surface area (TPSA) is 29.5 Å². The number of aliphatic hydroxyl groups is 1. The first kappa shape index (κ1) is 11.4. The largest absolute Gasteiger partial charge is 0.390 e. The second-order valence-corrected chi connectivity index (χ2v) is 4.49. The van der Waals surface area contributed by atoms with Crippen LogP contribution in [0.25, 0.3) is 0 Å². The number of aliphatic hydroxyl groups excluding tert-OH is 1. The number of rotatable bonds is 2. The zero-order chi connectivity index (χ0) is 11.5. The molecule has 1 unspecified atom stereocenters. The van der Waals surface area contributed by atoms with Crippen LogP contribution in [0.4, 0.5) is 0 Å². The maximum absolute atomic E-state index is 9.82. The van der Waals surface area contributed by atoms with Gasteiger partial charge in [-0.15, -0.1) is 0 Å². The Bertz CT molecular complexity index is 358. The lowest BCUT2D eigenvalue weighted by Gasteiger charge is -2.34. The van der Waals surface area contributed by atoms with Gasteiger partial charge in [0.25, 0.3) is 0 Å². The lowest BCUT2D eigenvalue weighted by Crippen LogP contribution is -2.34. The molecule has 0 amide bonds. The standard InChI is InChI=1S/C14H18O2/c1-10(2)12-8-14(16-9-13(12)15)11-6-4-3-5-7-11/h3-7,12-15H,1,8-9H2,2H3/t12-,13-,14?/m0/s1. The van der Waals surface area contributed by atoms with Crippen molar-refractivity contribution in [3.63, 3.8) is 0 Å². The Hall–Kier alpha value is -1.12. The monoisotopic (exact) mass is 218 g/mol. The van der Waals surface area contributed by atoms with Crippen molar-refractivity contribution in [3.8, 4) is 0 Å². The Kier molecular flexibility index (Phi) is 3.42. The van der Waals surface area contributed by atoms with Gasteiger partial charge in [-0.2, -0.15) is 0 Å². The first-order valence-corrected chi connectivity index (χ1v) is 5.68. The van der Waals surface area contributed by atoms with Crippen LogP contribution in [-0.2, 0) is 4.74 Å². The zero-order valence-corrected chi connectivity index (χ0v) is 9.60. The highest BCUT2D eigenvalue weighted by Gasteiger charge is 2.30. The molecule has 0 aromatic heterocycles. The summed E-state index contributed by atoms with van der Waals surface area (Å²) in [7, 11) is 0. The van der Waals surface area contributed by atoms with Crippen LogP contribution in [0, 0.1) is 5.92 Å². The number of hydrogen-bond donors (Lipinski definition) is 1. The second-order valence-electron chi connectivity index (χ2n) is 4.49. The average molecular weight is 218 g/mol. The Labute approximate surface area is 96.6 Å². The molecular formula is C14H18O2. The predicted octanol–water partition coefficient (Wildman–Crippen LogP) is 2.70. The molecule has 1 N–H and O–H groups in total. The highest BCUT2D eigenvalue weighted by atomic mass is 16.5. The van der Waals surface area contributed by atoms with Crippen molar-refractivity contribution in [1.29, 1.82) is 0 Å². The summed E-state index contributed by atoms with van der Waals surface area (Å²) >= 11 is 0. The highest BCUT2D eigenvalue weighted by Crippen LogP contribution is 2.34. The summed E-state index contributed by atoms with van der Waals surface area (Å²) in [6.07, 6.45) is 0.504. The summed E-state index contributed by atoms with van der Waals surface area (Å²) in [5.41, 5.74) is 2.22. The van der Waals surface area contributed by atoms with Crippen LogP contribution in [0.3, 0.4) is 0 Å². The van der Waals surface area contributed by atoms with E-state index in [-0.39, 0.29) is 12.0 Å². The maximum atomic E-state index is 9.82. The molecule has 1 fully saturated rings. The lowest BCUT2D eigenvalue weighted by atomic mass is 9.86. The third-order valence-corrected chi connectivity index (χ3v) is 3.20. The van der Waals surface area contributed by atoms with Crippen molar-refractivity contribution in [2.24, 2.45) is 5.92 Å². The van der Waals surface area contributed by atoms with E-state index in [0.717, 1.165) is 12.0 Å². The third kappa shape index (κ3) is 2.34. The van der Waals surface area contributed by atoms with Crippen LogP contribution in [0.2, 0.25) is 0 Å². The van der Waals surface area contributed by atoms with Gasteiger partial charge in [-0.05, 0) is 18.9 Å². The van der Waals surface area contributed by atoms with Crippen LogP contribution in [0.15, 0.2) is 42.5 Å². The minimum Gasteiger partial charge on any atom is -0.390 e. The number of hydrogen-bond acceptors (Lipinski definition) is 2. The minimum absolute atomic E-state index is 0.0892. The SMILES string of the molecule is C=C(C)[C@@H]1CC(c2ccccc2)OC[C@@H]1O. The molecule has 1 aromatic rings. The Morgan fingerprint density at radius 2 is 2.06 bits per heavy atom. The van der Waals surface area contributed by atoms with Gasteiger partial charge in [0.15, 0.2) is 0 Å². The first-order valence-electron chi connectivity index (χ1n) is 5.68. The van der Waals surface area contributed by atoms with E-state index >= 15 is 0 Å². The minimum atomic E-state index is -0.405. The summed E-state index contributed by atoms with van der Waals surface area (Å²) in [4.78, 5) is 0. The van der Waals surface area contributed by atoms with E-state index in [4.69, 9.17) is 4.74 Å². The van der Waals surface area contributed by atoms with Gasteiger partial charge in [0, 0.05) is 5.92 Å². The average Bonchev–Trinajstić information content (AvgIpc) is 2.30. The predicted molar refractivity (Wildman–Crippen MR) is 64.1 cm³/mol. The molecule has 2 rings (SSSR count). The normalized spacial score (nSPS) is 30.0. The Morgan fingerprint density at radius 3 is 2.69 bits per heavy atom. The number of ether oxygens (including phenoxy) is 1. The van der Waals surface area contributed by atoms with Gasteiger partial charge in [0.05, 0.1) is 18.8 Å². The number of benzene rings is 1. The van der Waals surface area contributed by atoms with E-state index in [9.17, 15) is 5.11 Å². The van der Waals surface area contributed by atoms with Crippen molar-refractivity contribution in [3.05, 3.63) is 48.0 Å². The summed E-state index contributed by atoms with van der Waals surface area (Å²) in [5, 5.41) is 9.82. The van der Waals surface area contributed by atoms with Crippen LogP contribution in [0.5, 0.6) is 0 Å². The van der Waals surface area contributed by atoms with Gasteiger partial charge >= 0.3 is 0 Å². The molecule has 0 bridgehead atoms. The van der Waals surface area contributed by atoms with E-state index in [1.54, 1.807) is 0 Å². The maximum Gasteiger partial charge on any atom is 0.0839 e. The molecule has 1 aliphatic rings. The molecule has 1 aliphatic heterocycles. The van der Waals surface area contributed by atoms with Crippen molar-refractivity contribution in [2.75, 3.05) is 6.61 Å². The smallest absolute Gasteiger partial charge is 0.0839 e. The van der Waals surface area contributed by atoms with Gasteiger partial charge in [0.1, 0.15) is 0 Å². The molecule has 3 atom stereocenters. The molecule has 16 heavy (non-hydrogen) atoms. The fourth-order valence-electron chi connectivity index (χ4n) is 2.22. The quantitative estimate of drug-likeness (QED) is 0.773. The Morgan fingerprint density at radius 1 is 1.38 bits per heavy atom. The summed E-state index contributed by atoms with van der Waals surface area (Å²) in [5.74, 6) is 0.152. The third-order valence-electron chi connectivity index (χ3n) is 3.20. The van der Waals surface area contributed by atoms with E-state index in [2.05, 4.69) is 18.7 Å². The molecule has 86 valence electrons. The fourth-order valence-corrected chi connectivity index (χ4v) is 2.22. The summed E-state index contributed by atoms with van der Waals surface area (Å²) in [6, 6.07) is 10.2. The molecule has 0 saturated carbocycles. The van der Waals surface area contributed by atoms with E-state index in [1.165, 1.54) is 5.56 Å². The van der Waals surface area contributed by atoms with Crippen LogP contribution >= 0.6 is 0 Å². The van der Waals surface area contributed by atoms with Gasteiger partial charge < -0.3 is 9.84 Å².